The summed E-state index contributed by atoms with van der Waals surface area (Å²) in [6, 6.07) is 0. The highest BCUT2D eigenvalue weighted by molar-refractivity contribution is 5.66. The van der Waals surface area contributed by atoms with Gasteiger partial charge in [-0.1, -0.05) is 39.0 Å². The lowest BCUT2D eigenvalue weighted by Gasteiger charge is -1.98. The summed E-state index contributed by atoms with van der Waals surface area (Å²) in [4.78, 5) is 20.3. The highest BCUT2D eigenvalue weighted by Crippen LogP contribution is 2.08. The summed E-state index contributed by atoms with van der Waals surface area (Å²) in [5.74, 6) is -1.48. The molecule has 0 bridgehead atoms. The molecule has 3 N–H and O–H groups in total. The first-order valence-electron chi connectivity index (χ1n) is 8.16. The average molecular weight is 320 g/mol. The van der Waals surface area contributed by atoms with Gasteiger partial charge in [0.1, 0.15) is 0 Å². The minimum atomic E-state index is -0.740. The van der Waals surface area contributed by atoms with Crippen molar-refractivity contribution in [3.63, 3.8) is 0 Å². The number of aliphatic carboxylic acids is 2. The molecule has 0 aliphatic rings. The van der Waals surface area contributed by atoms with Gasteiger partial charge in [0.15, 0.2) is 0 Å². The first-order chi connectivity index (χ1) is 10.5. The van der Waals surface area contributed by atoms with Crippen LogP contribution in [0.4, 0.5) is 0 Å². The number of rotatable bonds is 14. The Balaban J connectivity index is 0. The lowest BCUT2D eigenvalue weighted by Crippen LogP contribution is -1.99. The second-order valence-electron chi connectivity index (χ2n) is 5.10. The van der Waals surface area contributed by atoms with Crippen molar-refractivity contribution in [2.24, 2.45) is 0 Å². The molecule has 22 heavy (non-hydrogen) atoms. The molecule has 0 radical (unpaired) electrons. The Morgan fingerprint density at radius 2 is 1.23 bits per heavy atom. The van der Waals surface area contributed by atoms with Gasteiger partial charge in [0, 0.05) is 19.4 Å². The van der Waals surface area contributed by atoms with E-state index in [9.17, 15) is 9.59 Å². The fraction of sp³-hybridized carbons (Fsp3) is 0.875. The van der Waals surface area contributed by atoms with Crippen LogP contribution in [0.1, 0.15) is 71.1 Å². The molecule has 0 unspecified atom stereocenters. The van der Waals surface area contributed by atoms with Gasteiger partial charge >= 0.3 is 11.9 Å². The first kappa shape index (κ1) is 23.1. The van der Waals surface area contributed by atoms with Crippen molar-refractivity contribution >= 4 is 11.9 Å². The number of carbonyl (C=O) groups is 2. The van der Waals surface area contributed by atoms with Gasteiger partial charge in [-0.3, -0.25) is 9.59 Å². The zero-order valence-corrected chi connectivity index (χ0v) is 13.8. The SMILES string of the molecule is CCCCOCCO.O=C(O)CCCCCCCCC(=O)O. The Labute approximate surface area is 133 Å². The number of ether oxygens (including phenoxy) is 1. The van der Waals surface area contributed by atoms with E-state index in [1.54, 1.807) is 0 Å². The lowest BCUT2D eigenvalue weighted by atomic mass is 10.1. The zero-order chi connectivity index (χ0) is 17.1. The van der Waals surface area contributed by atoms with Crippen molar-refractivity contribution in [3.05, 3.63) is 0 Å². The van der Waals surface area contributed by atoms with Crippen LogP contribution in [0, 0.1) is 0 Å². The fourth-order valence-corrected chi connectivity index (χ4v) is 1.67. The lowest BCUT2D eigenvalue weighted by molar-refractivity contribution is -0.138. The second-order valence-corrected chi connectivity index (χ2v) is 5.10. The van der Waals surface area contributed by atoms with E-state index in [0.29, 0.717) is 6.61 Å². The fourth-order valence-electron chi connectivity index (χ4n) is 1.67. The van der Waals surface area contributed by atoms with Crippen molar-refractivity contribution in [3.8, 4) is 0 Å². The molecule has 0 atom stereocenters. The maximum Gasteiger partial charge on any atom is 0.303 e. The molecule has 6 nitrogen and oxygen atoms in total. The van der Waals surface area contributed by atoms with Crippen LogP contribution in [0.3, 0.4) is 0 Å². The van der Waals surface area contributed by atoms with Crippen molar-refractivity contribution < 1.29 is 29.6 Å². The summed E-state index contributed by atoms with van der Waals surface area (Å²) in [7, 11) is 0. The molecule has 0 saturated carbocycles. The summed E-state index contributed by atoms with van der Waals surface area (Å²) in [6.07, 6.45) is 8.08. The van der Waals surface area contributed by atoms with Gasteiger partial charge in [0.2, 0.25) is 0 Å². The minimum Gasteiger partial charge on any atom is -0.481 e. The number of unbranched alkanes of at least 4 members (excludes halogenated alkanes) is 6. The number of aliphatic hydroxyl groups is 1. The second kappa shape index (κ2) is 19.9. The van der Waals surface area contributed by atoms with Crippen LogP contribution in [-0.4, -0.2) is 47.1 Å². The van der Waals surface area contributed by atoms with E-state index in [-0.39, 0.29) is 19.4 Å². The van der Waals surface area contributed by atoms with Gasteiger partial charge in [-0.05, 0) is 19.3 Å². The Hall–Kier alpha value is -1.14. The maximum absolute atomic E-state index is 10.1. The third-order valence-corrected chi connectivity index (χ3v) is 2.91. The van der Waals surface area contributed by atoms with Crippen LogP contribution >= 0.6 is 0 Å². The average Bonchev–Trinajstić information content (AvgIpc) is 2.46. The molecule has 0 saturated heterocycles. The quantitative estimate of drug-likeness (QED) is 0.425. The Morgan fingerprint density at radius 1 is 0.773 bits per heavy atom. The van der Waals surface area contributed by atoms with Crippen LogP contribution < -0.4 is 0 Å². The smallest absolute Gasteiger partial charge is 0.303 e. The van der Waals surface area contributed by atoms with Crippen LogP contribution in [-0.2, 0) is 14.3 Å². The van der Waals surface area contributed by atoms with E-state index in [1.165, 1.54) is 0 Å². The van der Waals surface area contributed by atoms with E-state index >= 15 is 0 Å². The van der Waals surface area contributed by atoms with Gasteiger partial charge in [-0.2, -0.15) is 0 Å². The van der Waals surface area contributed by atoms with E-state index < -0.39 is 11.9 Å². The van der Waals surface area contributed by atoms with Crippen molar-refractivity contribution in [2.75, 3.05) is 19.8 Å². The molecule has 132 valence electrons. The molecule has 0 fully saturated rings. The maximum atomic E-state index is 10.1. The molecule has 0 amide bonds. The van der Waals surface area contributed by atoms with E-state index in [0.717, 1.165) is 58.0 Å². The summed E-state index contributed by atoms with van der Waals surface area (Å²) in [6.45, 7) is 3.53. The van der Waals surface area contributed by atoms with Crippen LogP contribution in [0.2, 0.25) is 0 Å². The number of carboxylic acids is 2. The standard InChI is InChI=1S/C10H18O4.C6H14O2/c11-9(12)7-5-3-1-2-4-6-8-10(13)14;1-2-3-5-8-6-4-7/h1-8H2,(H,11,12)(H,13,14);7H,2-6H2,1H3. The summed E-state index contributed by atoms with van der Waals surface area (Å²) >= 11 is 0. The molecule has 0 aliphatic heterocycles. The number of aliphatic hydroxyl groups excluding tert-OH is 1. The largest absolute Gasteiger partial charge is 0.481 e. The normalized spacial score (nSPS) is 9.91. The first-order valence-corrected chi connectivity index (χ1v) is 8.16. The van der Waals surface area contributed by atoms with Crippen molar-refractivity contribution in [1.29, 1.82) is 0 Å². The Kier molecular flexibility index (Phi) is 20.9. The summed E-state index contributed by atoms with van der Waals surface area (Å²) < 4.78 is 4.97. The highest BCUT2D eigenvalue weighted by Gasteiger charge is 1.98. The van der Waals surface area contributed by atoms with Gasteiger partial charge in [-0.25, -0.2) is 0 Å². The van der Waals surface area contributed by atoms with E-state index in [4.69, 9.17) is 20.1 Å². The molecule has 0 aliphatic carbocycles. The van der Waals surface area contributed by atoms with Gasteiger partial charge in [-0.15, -0.1) is 0 Å². The van der Waals surface area contributed by atoms with Gasteiger partial charge in [0.25, 0.3) is 0 Å². The minimum absolute atomic E-state index is 0.143. The summed E-state index contributed by atoms with van der Waals surface area (Å²) in [5, 5.41) is 24.9. The van der Waals surface area contributed by atoms with Crippen LogP contribution in [0.15, 0.2) is 0 Å². The van der Waals surface area contributed by atoms with Crippen LogP contribution in [0.25, 0.3) is 0 Å². The molecule has 0 aromatic heterocycles. The third-order valence-electron chi connectivity index (χ3n) is 2.91. The highest BCUT2D eigenvalue weighted by atomic mass is 16.5. The van der Waals surface area contributed by atoms with E-state index in [1.807, 2.05) is 0 Å². The molecule has 0 aromatic rings. The number of hydrogen-bond donors (Lipinski definition) is 3. The number of hydrogen-bond acceptors (Lipinski definition) is 4. The van der Waals surface area contributed by atoms with Gasteiger partial charge in [0.05, 0.1) is 13.2 Å². The monoisotopic (exact) mass is 320 g/mol. The predicted molar refractivity (Wildman–Crippen MR) is 85.0 cm³/mol. The van der Waals surface area contributed by atoms with Crippen molar-refractivity contribution in [1.82, 2.24) is 0 Å². The van der Waals surface area contributed by atoms with Crippen LogP contribution in [0.5, 0.6) is 0 Å². The summed E-state index contributed by atoms with van der Waals surface area (Å²) in [5.41, 5.74) is 0. The topological polar surface area (TPSA) is 104 Å². The molecular weight excluding hydrogens is 288 g/mol. The number of carboxylic acid groups (broad SMARTS) is 2. The molecule has 0 spiro atoms. The molecule has 6 heteroatoms. The van der Waals surface area contributed by atoms with Gasteiger partial charge < -0.3 is 20.1 Å². The van der Waals surface area contributed by atoms with E-state index in [2.05, 4.69) is 6.92 Å². The van der Waals surface area contributed by atoms with Crippen molar-refractivity contribution in [2.45, 2.75) is 71.1 Å². The third kappa shape index (κ3) is 27.2. The Bertz CT molecular complexity index is 229. The predicted octanol–water partition coefficient (Wildman–Crippen LogP) is 3.07. The molecule has 0 aromatic carbocycles. The molecular formula is C16H32O6. The molecule has 0 heterocycles. The Morgan fingerprint density at radius 3 is 1.59 bits per heavy atom. The molecule has 0 rings (SSSR count). The zero-order valence-electron chi connectivity index (χ0n) is 13.8.